The summed E-state index contributed by atoms with van der Waals surface area (Å²) in [7, 11) is 2.13. The van der Waals surface area contributed by atoms with E-state index in [9.17, 15) is 4.79 Å². The second kappa shape index (κ2) is 6.70. The maximum atomic E-state index is 12.4. The molecular weight excluding hydrogens is 252 g/mol. The van der Waals surface area contributed by atoms with E-state index >= 15 is 0 Å². The van der Waals surface area contributed by atoms with Crippen molar-refractivity contribution in [1.82, 2.24) is 15.2 Å². The van der Waals surface area contributed by atoms with Gasteiger partial charge in [0.15, 0.2) is 0 Å². The lowest BCUT2D eigenvalue weighted by Crippen LogP contribution is -2.48. The lowest BCUT2D eigenvalue weighted by molar-refractivity contribution is 0.0884. The Bertz CT molecular complexity index is 463. The van der Waals surface area contributed by atoms with Gasteiger partial charge < -0.3 is 15.5 Å². The summed E-state index contributed by atoms with van der Waals surface area (Å²) in [6.07, 6.45) is 4.37. The van der Waals surface area contributed by atoms with Gasteiger partial charge in [-0.3, -0.25) is 9.78 Å². The van der Waals surface area contributed by atoms with E-state index in [0.717, 1.165) is 31.7 Å². The first-order chi connectivity index (χ1) is 9.61. The van der Waals surface area contributed by atoms with Crippen LogP contribution in [-0.2, 0) is 0 Å². The van der Waals surface area contributed by atoms with Crippen molar-refractivity contribution in [3.8, 4) is 0 Å². The van der Waals surface area contributed by atoms with Gasteiger partial charge in [-0.2, -0.15) is 0 Å². The first-order valence-corrected chi connectivity index (χ1v) is 7.29. The molecule has 110 valence electrons. The van der Waals surface area contributed by atoms with Crippen molar-refractivity contribution in [3.63, 3.8) is 0 Å². The van der Waals surface area contributed by atoms with Crippen LogP contribution < -0.4 is 10.6 Å². The number of amides is 1. The highest BCUT2D eigenvalue weighted by atomic mass is 16.1. The molecule has 2 atom stereocenters. The first kappa shape index (κ1) is 14.8. The molecule has 0 saturated carbocycles. The number of nitrogens with zero attached hydrogens (tertiary/aromatic N) is 2. The summed E-state index contributed by atoms with van der Waals surface area (Å²) in [5.74, 6) is 0.465. The Morgan fingerprint density at radius 2 is 2.35 bits per heavy atom. The number of carbonyl (C=O) groups is 1. The number of piperidine rings is 1. The molecule has 1 aromatic heterocycles. The largest absolute Gasteiger partial charge is 0.383 e. The fourth-order valence-electron chi connectivity index (χ4n) is 2.74. The smallest absolute Gasteiger partial charge is 0.253 e. The third-order valence-electron chi connectivity index (χ3n) is 3.86. The molecule has 20 heavy (non-hydrogen) atoms. The number of aromatic nitrogens is 1. The second-order valence-corrected chi connectivity index (χ2v) is 5.56. The minimum absolute atomic E-state index is 0.00949. The molecule has 0 radical (unpaired) electrons. The third-order valence-corrected chi connectivity index (χ3v) is 3.86. The monoisotopic (exact) mass is 276 g/mol. The zero-order chi connectivity index (χ0) is 14.5. The highest BCUT2D eigenvalue weighted by molar-refractivity contribution is 5.99. The minimum atomic E-state index is -0.00949. The maximum Gasteiger partial charge on any atom is 0.253 e. The van der Waals surface area contributed by atoms with Crippen LogP contribution in [0.1, 0.15) is 30.6 Å². The molecule has 0 bridgehead atoms. The molecule has 1 amide bonds. The number of hydrogen-bond acceptors (Lipinski definition) is 4. The highest BCUT2D eigenvalue weighted by Gasteiger charge is 2.26. The van der Waals surface area contributed by atoms with Crippen LogP contribution in [0.3, 0.4) is 0 Å². The van der Waals surface area contributed by atoms with Gasteiger partial charge in [0.05, 0.1) is 17.4 Å². The number of rotatable bonds is 4. The van der Waals surface area contributed by atoms with Crippen molar-refractivity contribution in [2.24, 2.45) is 5.92 Å². The zero-order valence-electron chi connectivity index (χ0n) is 12.5. The molecule has 1 aliphatic rings. The van der Waals surface area contributed by atoms with Crippen LogP contribution in [0, 0.1) is 5.92 Å². The number of carbonyl (C=O) groups excluding carboxylic acids is 1. The van der Waals surface area contributed by atoms with Crippen molar-refractivity contribution in [2.45, 2.75) is 26.3 Å². The van der Waals surface area contributed by atoms with E-state index in [-0.39, 0.29) is 11.9 Å². The van der Waals surface area contributed by atoms with Crippen LogP contribution in [0.2, 0.25) is 0 Å². The average molecular weight is 276 g/mol. The lowest BCUT2D eigenvalue weighted by Gasteiger charge is -2.35. The summed E-state index contributed by atoms with van der Waals surface area (Å²) < 4.78 is 0. The van der Waals surface area contributed by atoms with Crippen LogP contribution in [0.4, 0.5) is 5.69 Å². The molecule has 2 unspecified atom stereocenters. The van der Waals surface area contributed by atoms with Crippen LogP contribution in [0.5, 0.6) is 0 Å². The number of nitrogens with one attached hydrogen (secondary N) is 2. The Morgan fingerprint density at radius 3 is 3.05 bits per heavy atom. The molecule has 1 aromatic rings. The molecule has 5 nitrogen and oxygen atoms in total. The Kier molecular flexibility index (Phi) is 4.95. The zero-order valence-corrected chi connectivity index (χ0v) is 12.5. The predicted molar refractivity (Wildman–Crippen MR) is 80.9 cm³/mol. The average Bonchev–Trinajstić information content (AvgIpc) is 2.43. The van der Waals surface area contributed by atoms with Gasteiger partial charge in [-0.25, -0.2) is 0 Å². The van der Waals surface area contributed by atoms with Gasteiger partial charge in [-0.05, 0) is 38.9 Å². The molecule has 1 fully saturated rings. The fraction of sp³-hybridized carbons (Fsp3) is 0.600. The van der Waals surface area contributed by atoms with Crippen LogP contribution in [0.25, 0.3) is 0 Å². The number of anilines is 1. The number of pyridine rings is 1. The van der Waals surface area contributed by atoms with Gasteiger partial charge in [-0.1, -0.05) is 6.92 Å². The second-order valence-electron chi connectivity index (χ2n) is 5.56. The molecule has 0 spiro atoms. The quantitative estimate of drug-likeness (QED) is 0.877. The van der Waals surface area contributed by atoms with Crippen LogP contribution in [-0.4, -0.2) is 48.5 Å². The van der Waals surface area contributed by atoms with Gasteiger partial charge in [0.25, 0.3) is 5.91 Å². The summed E-state index contributed by atoms with van der Waals surface area (Å²) in [5.41, 5.74) is 1.47. The Balaban J connectivity index is 2.05. The predicted octanol–water partition coefficient (Wildman–Crippen LogP) is 1.58. The van der Waals surface area contributed by atoms with Gasteiger partial charge in [-0.15, -0.1) is 0 Å². The Labute approximate surface area is 120 Å². The normalized spacial score (nSPS) is 23.4. The topological polar surface area (TPSA) is 57.3 Å². The third kappa shape index (κ3) is 3.48. The molecule has 5 heteroatoms. The molecular formula is C15H24N4O. The summed E-state index contributed by atoms with van der Waals surface area (Å²) in [6, 6.07) is 2.02. The summed E-state index contributed by atoms with van der Waals surface area (Å²) in [6.45, 7) is 7.04. The SMILES string of the molecule is CCNc1cnccc1C(=O)NC1CCN(C)CC1C. The van der Waals surface area contributed by atoms with Crippen molar-refractivity contribution in [1.29, 1.82) is 0 Å². The maximum absolute atomic E-state index is 12.4. The molecule has 1 aliphatic heterocycles. The van der Waals surface area contributed by atoms with Crippen molar-refractivity contribution < 1.29 is 4.79 Å². The van der Waals surface area contributed by atoms with E-state index in [4.69, 9.17) is 0 Å². The summed E-state index contributed by atoms with van der Waals surface area (Å²) >= 11 is 0. The van der Waals surface area contributed by atoms with E-state index in [2.05, 4.69) is 34.5 Å². The van der Waals surface area contributed by atoms with Crippen LogP contribution in [0.15, 0.2) is 18.5 Å². The van der Waals surface area contributed by atoms with E-state index in [1.807, 2.05) is 6.92 Å². The molecule has 2 rings (SSSR count). The van der Waals surface area contributed by atoms with Crippen LogP contribution >= 0.6 is 0 Å². The van der Waals surface area contributed by atoms with Gasteiger partial charge >= 0.3 is 0 Å². The molecule has 0 aromatic carbocycles. The molecule has 0 aliphatic carbocycles. The van der Waals surface area contributed by atoms with Gasteiger partial charge in [0.2, 0.25) is 0 Å². The van der Waals surface area contributed by atoms with Crippen molar-refractivity contribution in [3.05, 3.63) is 24.0 Å². The fourth-order valence-corrected chi connectivity index (χ4v) is 2.74. The van der Waals surface area contributed by atoms with E-state index in [1.165, 1.54) is 0 Å². The Morgan fingerprint density at radius 1 is 1.55 bits per heavy atom. The number of hydrogen-bond donors (Lipinski definition) is 2. The molecule has 2 N–H and O–H groups in total. The van der Waals surface area contributed by atoms with Gasteiger partial charge in [0, 0.05) is 25.3 Å². The lowest BCUT2D eigenvalue weighted by atomic mass is 9.94. The standard InChI is InChI=1S/C15H24N4O/c1-4-17-14-9-16-7-5-12(14)15(20)18-13-6-8-19(3)10-11(13)2/h5,7,9,11,13,17H,4,6,8,10H2,1-3H3,(H,18,20). The summed E-state index contributed by atoms with van der Waals surface area (Å²) in [4.78, 5) is 18.8. The minimum Gasteiger partial charge on any atom is -0.383 e. The first-order valence-electron chi connectivity index (χ1n) is 7.29. The summed E-state index contributed by atoms with van der Waals surface area (Å²) in [5, 5.41) is 6.35. The Hall–Kier alpha value is -1.62. The van der Waals surface area contributed by atoms with Crippen molar-refractivity contribution >= 4 is 11.6 Å². The highest BCUT2D eigenvalue weighted by Crippen LogP contribution is 2.18. The van der Waals surface area contributed by atoms with E-state index in [1.54, 1.807) is 18.5 Å². The number of likely N-dealkylation sites (tertiary alicyclic amines) is 1. The molecule has 1 saturated heterocycles. The van der Waals surface area contributed by atoms with Gasteiger partial charge in [0.1, 0.15) is 0 Å². The molecule has 2 heterocycles. The van der Waals surface area contributed by atoms with Crippen molar-refractivity contribution in [2.75, 3.05) is 32.0 Å². The van der Waals surface area contributed by atoms with E-state index in [0.29, 0.717) is 11.5 Å². The van der Waals surface area contributed by atoms with E-state index < -0.39 is 0 Å².